The molecule has 0 spiro atoms. The Kier molecular flexibility index (Phi) is 6.91. The molecule has 0 atom stereocenters. The Morgan fingerprint density at radius 1 is 1.18 bits per heavy atom. The minimum atomic E-state index is -0.305. The van der Waals surface area contributed by atoms with Crippen LogP contribution in [0.2, 0.25) is 0 Å². The van der Waals surface area contributed by atoms with Crippen LogP contribution in [0.25, 0.3) is 22.2 Å². The number of carbonyl (C=O) groups excluding carboxylic acids is 1. The highest BCUT2D eigenvalue weighted by molar-refractivity contribution is 6.10. The van der Waals surface area contributed by atoms with Crippen LogP contribution in [0.1, 0.15) is 49.0 Å². The summed E-state index contributed by atoms with van der Waals surface area (Å²) >= 11 is 0. The topological polar surface area (TPSA) is 128 Å². The third kappa shape index (κ3) is 4.63. The number of phenolic OH excluding ortho intramolecular Hbond substituents is 1. The van der Waals surface area contributed by atoms with Gasteiger partial charge in [0.1, 0.15) is 16.9 Å². The van der Waals surface area contributed by atoms with Crippen molar-refractivity contribution in [2.24, 2.45) is 5.10 Å². The van der Waals surface area contributed by atoms with E-state index in [2.05, 4.69) is 27.3 Å². The first-order chi connectivity index (χ1) is 16.5. The van der Waals surface area contributed by atoms with Crippen molar-refractivity contribution >= 4 is 40.1 Å². The number of nitrogens with one attached hydrogen (secondary N) is 1. The third-order valence-corrected chi connectivity index (χ3v) is 5.37. The largest absolute Gasteiger partial charge is 0.504 e. The number of carbonyl (C=O) groups is 1. The number of nitrogen functional groups attached to an aromatic ring is 1. The maximum absolute atomic E-state index is 13.1. The number of phenols is 1. The van der Waals surface area contributed by atoms with E-state index in [1.165, 1.54) is 10.7 Å². The first kappa shape index (κ1) is 23.0. The highest BCUT2D eigenvalue weighted by Gasteiger charge is 2.23. The number of para-hydroxylation sites is 2. The lowest BCUT2D eigenvalue weighted by atomic mass is 10.2. The summed E-state index contributed by atoms with van der Waals surface area (Å²) in [6.45, 7) is 4.92. The predicted molar refractivity (Wildman–Crippen MR) is 134 cm³/mol. The lowest BCUT2D eigenvalue weighted by Gasteiger charge is -2.06. The number of amides is 1. The van der Waals surface area contributed by atoms with Crippen molar-refractivity contribution in [2.75, 3.05) is 18.9 Å². The van der Waals surface area contributed by atoms with E-state index in [0.717, 1.165) is 19.3 Å². The predicted octanol–water partition coefficient (Wildman–Crippen LogP) is 4.07. The Morgan fingerprint density at radius 2 is 1.94 bits per heavy atom. The van der Waals surface area contributed by atoms with Gasteiger partial charge in [-0.25, -0.2) is 9.97 Å². The molecule has 176 valence electrons. The number of aromatic nitrogens is 3. The minimum absolute atomic E-state index is 0.0456. The van der Waals surface area contributed by atoms with Crippen molar-refractivity contribution in [3.8, 4) is 11.5 Å². The fourth-order valence-electron chi connectivity index (χ4n) is 3.66. The third-order valence-electron chi connectivity index (χ3n) is 5.37. The highest BCUT2D eigenvalue weighted by Crippen LogP contribution is 2.29. The first-order valence-electron chi connectivity index (χ1n) is 11.4. The second kappa shape index (κ2) is 10.2. The van der Waals surface area contributed by atoms with Crippen molar-refractivity contribution in [1.29, 1.82) is 0 Å². The molecular formula is C25H28N6O3. The van der Waals surface area contributed by atoms with Crippen LogP contribution in [0.4, 0.5) is 5.82 Å². The van der Waals surface area contributed by atoms with Gasteiger partial charge in [0.25, 0.3) is 5.91 Å². The lowest BCUT2D eigenvalue weighted by Crippen LogP contribution is -2.25. The van der Waals surface area contributed by atoms with Crippen LogP contribution < -0.4 is 15.8 Å². The summed E-state index contributed by atoms with van der Waals surface area (Å²) in [7, 11) is 0. The number of aromatic hydroxyl groups is 1. The van der Waals surface area contributed by atoms with Crippen LogP contribution >= 0.6 is 0 Å². The SMILES string of the molecule is CCCCCNC(=O)c1c(N)n(/N=C/c2ccc(O)c(OCC)c2)c2nc3ccccc3nc12. The van der Waals surface area contributed by atoms with E-state index in [9.17, 15) is 9.90 Å². The fourth-order valence-corrected chi connectivity index (χ4v) is 3.66. The zero-order valence-corrected chi connectivity index (χ0v) is 19.3. The number of anilines is 1. The van der Waals surface area contributed by atoms with Crippen molar-refractivity contribution in [2.45, 2.75) is 33.1 Å². The van der Waals surface area contributed by atoms with E-state index in [1.807, 2.05) is 31.2 Å². The summed E-state index contributed by atoms with van der Waals surface area (Å²) in [6.07, 6.45) is 4.54. The average Bonchev–Trinajstić information content (AvgIpc) is 3.11. The molecular weight excluding hydrogens is 432 g/mol. The van der Waals surface area contributed by atoms with Crippen molar-refractivity contribution in [3.63, 3.8) is 0 Å². The second-order valence-electron chi connectivity index (χ2n) is 7.82. The maximum atomic E-state index is 13.1. The fraction of sp³-hybridized carbons (Fsp3) is 0.280. The molecule has 0 fully saturated rings. The molecule has 0 unspecified atom stereocenters. The van der Waals surface area contributed by atoms with Gasteiger partial charge in [0.05, 0.1) is 23.9 Å². The van der Waals surface area contributed by atoms with Crippen molar-refractivity contribution in [3.05, 3.63) is 53.6 Å². The van der Waals surface area contributed by atoms with Gasteiger partial charge in [-0.2, -0.15) is 9.78 Å². The summed E-state index contributed by atoms with van der Waals surface area (Å²) in [5.41, 5.74) is 9.46. The molecule has 4 N–H and O–H groups in total. The first-order valence-corrected chi connectivity index (χ1v) is 11.4. The second-order valence-corrected chi connectivity index (χ2v) is 7.82. The van der Waals surface area contributed by atoms with E-state index in [-0.39, 0.29) is 23.0 Å². The van der Waals surface area contributed by atoms with Gasteiger partial charge in [0.2, 0.25) is 0 Å². The zero-order valence-electron chi connectivity index (χ0n) is 19.3. The summed E-state index contributed by atoms with van der Waals surface area (Å²) in [6, 6.07) is 12.3. The lowest BCUT2D eigenvalue weighted by molar-refractivity contribution is 0.0955. The zero-order chi connectivity index (χ0) is 24.1. The van der Waals surface area contributed by atoms with E-state index in [0.29, 0.717) is 46.7 Å². The van der Waals surface area contributed by atoms with Crippen molar-refractivity contribution in [1.82, 2.24) is 20.0 Å². The van der Waals surface area contributed by atoms with Gasteiger partial charge >= 0.3 is 0 Å². The molecule has 1 amide bonds. The number of fused-ring (bicyclic) bond motifs is 2. The highest BCUT2D eigenvalue weighted by atomic mass is 16.5. The maximum Gasteiger partial charge on any atom is 0.257 e. The molecule has 2 heterocycles. The van der Waals surface area contributed by atoms with Crippen LogP contribution in [0.5, 0.6) is 11.5 Å². The Balaban J connectivity index is 1.79. The molecule has 9 nitrogen and oxygen atoms in total. The summed E-state index contributed by atoms with van der Waals surface area (Å²) in [5, 5.41) is 17.4. The van der Waals surface area contributed by atoms with Crippen LogP contribution in [0.3, 0.4) is 0 Å². The Morgan fingerprint density at radius 3 is 2.68 bits per heavy atom. The number of nitrogens with two attached hydrogens (primary N) is 1. The smallest absolute Gasteiger partial charge is 0.257 e. The molecule has 2 aromatic carbocycles. The standard InChI is InChI=1S/C25H28N6O3/c1-3-5-8-13-27-25(33)21-22-24(30-18-10-7-6-9-17(18)29-22)31(23(21)26)28-15-16-11-12-19(32)20(14-16)34-4-2/h6-7,9-12,14-15,32H,3-5,8,13,26H2,1-2H3,(H,27,33)/b28-15+. The van der Waals surface area contributed by atoms with Gasteiger partial charge in [0.15, 0.2) is 17.1 Å². The van der Waals surface area contributed by atoms with Crippen molar-refractivity contribution < 1.29 is 14.6 Å². The van der Waals surface area contributed by atoms with E-state index in [4.69, 9.17) is 10.5 Å². The normalized spacial score (nSPS) is 11.5. The molecule has 0 aliphatic rings. The molecule has 9 heteroatoms. The van der Waals surface area contributed by atoms with E-state index < -0.39 is 0 Å². The summed E-state index contributed by atoms with van der Waals surface area (Å²) in [4.78, 5) is 22.4. The molecule has 0 saturated carbocycles. The minimum Gasteiger partial charge on any atom is -0.504 e. The molecule has 0 aliphatic carbocycles. The quantitative estimate of drug-likeness (QED) is 0.255. The van der Waals surface area contributed by atoms with Gasteiger partial charge in [-0.05, 0) is 49.2 Å². The molecule has 0 radical (unpaired) electrons. The molecule has 4 rings (SSSR count). The molecule has 0 aliphatic heterocycles. The van der Waals surface area contributed by atoms with Gasteiger partial charge in [0, 0.05) is 6.54 Å². The van der Waals surface area contributed by atoms with Crippen LogP contribution in [0.15, 0.2) is 47.6 Å². The van der Waals surface area contributed by atoms with Gasteiger partial charge < -0.3 is 20.9 Å². The van der Waals surface area contributed by atoms with Crippen LogP contribution in [-0.4, -0.2) is 45.0 Å². The van der Waals surface area contributed by atoms with Crippen LogP contribution in [0, 0.1) is 0 Å². The Labute approximate surface area is 197 Å². The number of ether oxygens (including phenoxy) is 1. The number of nitrogens with zero attached hydrogens (tertiary/aromatic N) is 4. The number of rotatable bonds is 9. The Hall–Kier alpha value is -4.14. The number of benzene rings is 2. The molecule has 0 saturated heterocycles. The van der Waals surface area contributed by atoms with Gasteiger partial charge in [-0.1, -0.05) is 31.9 Å². The number of unbranched alkanes of at least 4 members (excludes halogenated alkanes) is 2. The monoisotopic (exact) mass is 460 g/mol. The van der Waals surface area contributed by atoms with Gasteiger partial charge in [-0.15, -0.1) is 0 Å². The van der Waals surface area contributed by atoms with Gasteiger partial charge in [-0.3, -0.25) is 4.79 Å². The number of hydrogen-bond acceptors (Lipinski definition) is 7. The number of hydrogen-bond donors (Lipinski definition) is 3. The van der Waals surface area contributed by atoms with E-state index in [1.54, 1.807) is 18.3 Å². The molecule has 4 aromatic rings. The Bertz CT molecular complexity index is 1360. The molecule has 0 bridgehead atoms. The summed E-state index contributed by atoms with van der Waals surface area (Å²) in [5.74, 6) is 0.248. The van der Waals surface area contributed by atoms with E-state index >= 15 is 0 Å². The summed E-state index contributed by atoms with van der Waals surface area (Å²) < 4.78 is 6.86. The molecule has 34 heavy (non-hydrogen) atoms. The molecule has 2 aromatic heterocycles. The average molecular weight is 461 g/mol. The van der Waals surface area contributed by atoms with Crippen LogP contribution in [-0.2, 0) is 0 Å².